The number of hydrogen-bond donors (Lipinski definition) is 1. The molecule has 1 N–H and O–H groups in total. The molecule has 0 radical (unpaired) electrons. The van der Waals surface area contributed by atoms with Crippen molar-refractivity contribution in [1.29, 1.82) is 0 Å². The molecule has 0 fully saturated rings. The number of pyridine rings is 1. The first-order valence-electron chi connectivity index (χ1n) is 10.3. The lowest BCUT2D eigenvalue weighted by Crippen LogP contribution is -2.25. The van der Waals surface area contributed by atoms with Gasteiger partial charge >= 0.3 is 5.97 Å². The lowest BCUT2D eigenvalue weighted by atomic mass is 9.91. The van der Waals surface area contributed by atoms with Crippen molar-refractivity contribution >= 4 is 28.2 Å². The summed E-state index contributed by atoms with van der Waals surface area (Å²) in [5, 5.41) is 5.06. The van der Waals surface area contributed by atoms with Crippen LogP contribution in [0, 0.1) is 5.92 Å². The number of carbonyl (C=O) groups is 1. The van der Waals surface area contributed by atoms with Crippen LogP contribution in [-0.2, 0) is 4.74 Å². The highest BCUT2D eigenvalue weighted by molar-refractivity contribution is 7.08. The summed E-state index contributed by atoms with van der Waals surface area (Å²) >= 11 is 1.66. The van der Waals surface area contributed by atoms with E-state index in [2.05, 4.69) is 65.7 Å². The molecule has 4 aromatic rings. The maximum Gasteiger partial charge on any atom is 0.338 e. The van der Waals surface area contributed by atoms with Gasteiger partial charge in [0.2, 0.25) is 0 Å². The highest BCUT2D eigenvalue weighted by Crippen LogP contribution is 2.41. The van der Waals surface area contributed by atoms with Gasteiger partial charge in [0, 0.05) is 45.7 Å². The number of nitrogens with zero attached hydrogens (tertiary/aromatic N) is 2. The Hall–Kier alpha value is -2.96. The topological polar surface area (TPSA) is 58.2 Å². The number of rotatable bonds is 6. The van der Waals surface area contributed by atoms with Crippen molar-refractivity contribution in [2.75, 3.05) is 21.2 Å². The summed E-state index contributed by atoms with van der Waals surface area (Å²) in [5.74, 6) is 0.0155. The molecule has 6 heteroatoms. The number of carbonyl (C=O) groups excluding carboxylic acids is 1. The summed E-state index contributed by atoms with van der Waals surface area (Å²) in [6.07, 6.45) is 3.76. The number of hydrogen-bond acceptors (Lipinski definition) is 5. The highest BCUT2D eigenvalue weighted by Gasteiger charge is 2.28. The van der Waals surface area contributed by atoms with Gasteiger partial charge in [-0.25, -0.2) is 4.79 Å². The molecule has 31 heavy (non-hydrogen) atoms. The molecule has 0 aliphatic rings. The largest absolute Gasteiger partial charge is 0.465 e. The number of benzene rings is 1. The Bertz CT molecular complexity index is 1200. The predicted molar refractivity (Wildman–Crippen MR) is 127 cm³/mol. The fourth-order valence-electron chi connectivity index (χ4n) is 4.42. The Balaban J connectivity index is 2.05. The van der Waals surface area contributed by atoms with Crippen molar-refractivity contribution in [3.63, 3.8) is 0 Å². The van der Waals surface area contributed by atoms with Crippen LogP contribution in [0.5, 0.6) is 0 Å². The average molecular weight is 434 g/mol. The minimum Gasteiger partial charge on any atom is -0.465 e. The van der Waals surface area contributed by atoms with Crippen LogP contribution in [0.3, 0.4) is 0 Å². The Kier molecular flexibility index (Phi) is 5.94. The third-order valence-electron chi connectivity index (χ3n) is 5.62. The standard InChI is InChI=1S/C25H27N3O2S/c1-15(2)24(28(3)4)23-21(18-11-17(12-26-13-18)16-9-10-31-14-16)22-19(25(29)30-5)7-6-8-20(22)27-23/h6-15,24,27H,1-5H3. The zero-order valence-electron chi connectivity index (χ0n) is 18.5. The Morgan fingerprint density at radius 3 is 2.55 bits per heavy atom. The highest BCUT2D eigenvalue weighted by atomic mass is 32.1. The van der Waals surface area contributed by atoms with Gasteiger partial charge in [0.1, 0.15) is 0 Å². The molecular formula is C25H27N3O2S. The number of fused-ring (bicyclic) bond motifs is 1. The normalized spacial score (nSPS) is 12.6. The van der Waals surface area contributed by atoms with Gasteiger partial charge in [0.05, 0.1) is 18.7 Å². The van der Waals surface area contributed by atoms with E-state index in [4.69, 9.17) is 4.74 Å². The molecule has 1 aromatic carbocycles. The molecule has 0 saturated heterocycles. The second-order valence-electron chi connectivity index (χ2n) is 8.26. The van der Waals surface area contributed by atoms with Crippen LogP contribution in [0.25, 0.3) is 33.2 Å². The van der Waals surface area contributed by atoms with E-state index >= 15 is 0 Å². The van der Waals surface area contributed by atoms with Crippen molar-refractivity contribution in [2.24, 2.45) is 5.92 Å². The van der Waals surface area contributed by atoms with Crippen molar-refractivity contribution in [3.05, 3.63) is 64.7 Å². The van der Waals surface area contributed by atoms with Crippen molar-refractivity contribution in [1.82, 2.24) is 14.9 Å². The number of esters is 1. The third-order valence-corrected chi connectivity index (χ3v) is 6.31. The lowest BCUT2D eigenvalue weighted by Gasteiger charge is -2.28. The number of aromatic nitrogens is 2. The van der Waals surface area contributed by atoms with Crippen LogP contribution in [0.2, 0.25) is 0 Å². The fraction of sp³-hybridized carbons (Fsp3) is 0.280. The second kappa shape index (κ2) is 8.65. The van der Waals surface area contributed by atoms with Crippen LogP contribution in [-0.4, -0.2) is 42.0 Å². The van der Waals surface area contributed by atoms with E-state index in [9.17, 15) is 4.79 Å². The van der Waals surface area contributed by atoms with Gasteiger partial charge in [-0.1, -0.05) is 19.9 Å². The summed E-state index contributed by atoms with van der Waals surface area (Å²) in [6, 6.07) is 10.1. The quantitative estimate of drug-likeness (QED) is 0.379. The maximum atomic E-state index is 12.7. The van der Waals surface area contributed by atoms with Gasteiger partial charge in [-0.05, 0) is 60.6 Å². The molecule has 0 spiro atoms. The number of ether oxygens (including phenoxy) is 1. The van der Waals surface area contributed by atoms with Crippen LogP contribution < -0.4 is 0 Å². The molecule has 0 aliphatic carbocycles. The Labute approximate surface area is 186 Å². The summed E-state index contributed by atoms with van der Waals surface area (Å²) in [7, 11) is 5.59. The van der Waals surface area contributed by atoms with E-state index in [0.29, 0.717) is 11.5 Å². The molecule has 0 aliphatic heterocycles. The minimum atomic E-state index is -0.342. The molecule has 0 amide bonds. The smallest absolute Gasteiger partial charge is 0.338 e. The van der Waals surface area contributed by atoms with Gasteiger partial charge in [-0.15, -0.1) is 0 Å². The first-order valence-corrected chi connectivity index (χ1v) is 11.2. The second-order valence-corrected chi connectivity index (χ2v) is 9.04. The van der Waals surface area contributed by atoms with Gasteiger partial charge < -0.3 is 14.6 Å². The zero-order valence-corrected chi connectivity index (χ0v) is 19.3. The van der Waals surface area contributed by atoms with Crippen LogP contribution in [0.1, 0.15) is 35.9 Å². The number of thiophene rings is 1. The van der Waals surface area contributed by atoms with Crippen molar-refractivity contribution in [3.8, 4) is 22.3 Å². The lowest BCUT2D eigenvalue weighted by molar-refractivity contribution is 0.0603. The van der Waals surface area contributed by atoms with E-state index in [1.807, 2.05) is 30.6 Å². The molecule has 1 unspecified atom stereocenters. The fourth-order valence-corrected chi connectivity index (χ4v) is 5.09. The summed E-state index contributed by atoms with van der Waals surface area (Å²) in [5.41, 5.74) is 6.74. The van der Waals surface area contributed by atoms with Gasteiger partial charge in [0.15, 0.2) is 0 Å². The summed E-state index contributed by atoms with van der Waals surface area (Å²) in [6.45, 7) is 4.42. The first kappa shape index (κ1) is 21.3. The molecular weight excluding hydrogens is 406 g/mol. The monoisotopic (exact) mass is 433 g/mol. The molecule has 0 saturated carbocycles. The van der Waals surface area contributed by atoms with Gasteiger partial charge in [-0.2, -0.15) is 11.3 Å². The van der Waals surface area contributed by atoms with Crippen LogP contribution >= 0.6 is 11.3 Å². The minimum absolute atomic E-state index is 0.137. The molecule has 1 atom stereocenters. The maximum absolute atomic E-state index is 12.7. The van der Waals surface area contributed by atoms with E-state index in [1.165, 1.54) is 7.11 Å². The molecule has 5 nitrogen and oxygen atoms in total. The number of H-pyrrole nitrogens is 1. The van der Waals surface area contributed by atoms with E-state index in [0.717, 1.165) is 38.9 Å². The summed E-state index contributed by atoms with van der Waals surface area (Å²) in [4.78, 5) is 23.0. The third kappa shape index (κ3) is 3.89. The Morgan fingerprint density at radius 1 is 1.13 bits per heavy atom. The Morgan fingerprint density at radius 2 is 1.90 bits per heavy atom. The van der Waals surface area contributed by atoms with Gasteiger partial charge in [-0.3, -0.25) is 4.98 Å². The van der Waals surface area contributed by atoms with Crippen molar-refractivity contribution < 1.29 is 9.53 Å². The van der Waals surface area contributed by atoms with E-state index < -0.39 is 0 Å². The SMILES string of the molecule is COC(=O)c1cccc2[nH]c(C(C(C)C)N(C)C)c(-c3cncc(-c4ccsc4)c3)c12. The first-order chi connectivity index (χ1) is 14.9. The number of methoxy groups -OCH3 is 1. The molecule has 3 aromatic heterocycles. The van der Waals surface area contributed by atoms with E-state index in [1.54, 1.807) is 11.3 Å². The number of nitrogens with one attached hydrogen (secondary N) is 1. The predicted octanol–water partition coefficient (Wildman–Crippen LogP) is 6.00. The molecule has 4 rings (SSSR count). The van der Waals surface area contributed by atoms with Crippen molar-refractivity contribution in [2.45, 2.75) is 19.9 Å². The average Bonchev–Trinajstić information content (AvgIpc) is 3.40. The molecule has 0 bridgehead atoms. The molecule has 160 valence electrons. The molecule has 3 heterocycles. The van der Waals surface area contributed by atoms with Crippen LogP contribution in [0.15, 0.2) is 53.5 Å². The van der Waals surface area contributed by atoms with Crippen LogP contribution in [0.4, 0.5) is 0 Å². The van der Waals surface area contributed by atoms with E-state index in [-0.39, 0.29) is 12.0 Å². The number of aromatic amines is 1. The summed E-state index contributed by atoms with van der Waals surface area (Å²) < 4.78 is 5.11. The van der Waals surface area contributed by atoms with Gasteiger partial charge in [0.25, 0.3) is 0 Å². The zero-order chi connectivity index (χ0) is 22.1.